The van der Waals surface area contributed by atoms with Crippen molar-refractivity contribution in [2.24, 2.45) is 0 Å². The first kappa shape index (κ1) is 20.5. The van der Waals surface area contributed by atoms with Crippen molar-refractivity contribution >= 4 is 29.1 Å². The molecule has 29 heavy (non-hydrogen) atoms. The zero-order chi connectivity index (χ0) is 21.0. The van der Waals surface area contributed by atoms with Gasteiger partial charge < -0.3 is 19.4 Å². The molecule has 0 fully saturated rings. The first-order valence-electron chi connectivity index (χ1n) is 8.95. The molecule has 0 radical (unpaired) electrons. The summed E-state index contributed by atoms with van der Waals surface area (Å²) in [5.41, 5.74) is 0.630. The smallest absolute Gasteiger partial charge is 0.291 e. The van der Waals surface area contributed by atoms with E-state index in [0.717, 1.165) is 0 Å². The lowest BCUT2D eigenvalue weighted by Crippen LogP contribution is -2.26. The van der Waals surface area contributed by atoms with Gasteiger partial charge in [-0.25, -0.2) is 0 Å². The number of carbonyl (C=O) groups excluding carboxylic acids is 2. The molecule has 0 saturated heterocycles. The Morgan fingerprint density at radius 3 is 2.76 bits per heavy atom. The summed E-state index contributed by atoms with van der Waals surface area (Å²) >= 11 is 5.93. The second kappa shape index (κ2) is 8.83. The van der Waals surface area contributed by atoms with Gasteiger partial charge >= 0.3 is 0 Å². The molecule has 0 spiro atoms. The van der Waals surface area contributed by atoms with Crippen molar-refractivity contribution in [1.82, 2.24) is 14.7 Å². The molecule has 2 amide bonds. The van der Waals surface area contributed by atoms with Crippen molar-refractivity contribution in [3.8, 4) is 5.75 Å². The molecule has 1 N–H and O–H groups in total. The third kappa shape index (κ3) is 4.78. The van der Waals surface area contributed by atoms with Gasteiger partial charge in [-0.1, -0.05) is 17.7 Å². The summed E-state index contributed by atoms with van der Waals surface area (Å²) in [6.07, 6.45) is 1.45. The van der Waals surface area contributed by atoms with Crippen LogP contribution < -0.4 is 10.1 Å². The number of anilines is 1. The lowest BCUT2D eigenvalue weighted by Gasteiger charge is -2.13. The van der Waals surface area contributed by atoms with Gasteiger partial charge in [0.25, 0.3) is 11.8 Å². The van der Waals surface area contributed by atoms with Crippen LogP contribution in [0.3, 0.4) is 0 Å². The first-order chi connectivity index (χ1) is 13.9. The van der Waals surface area contributed by atoms with Crippen LogP contribution in [0, 0.1) is 0 Å². The number of ether oxygens (including phenoxy) is 1. The molecule has 2 aromatic heterocycles. The highest BCUT2D eigenvalue weighted by Crippen LogP contribution is 2.21. The van der Waals surface area contributed by atoms with Crippen LogP contribution in [-0.4, -0.2) is 40.6 Å². The van der Waals surface area contributed by atoms with E-state index in [4.69, 9.17) is 20.8 Å². The standard InChI is InChI=1S/C20H21ClN4O4/c1-4-25-18(20(27)24(2)3)16(11-22-25)23-19(26)17-9-8-15(29-17)12-28-14-7-5-6-13(21)10-14/h5-11H,4,12H2,1-3H3,(H,23,26). The van der Waals surface area contributed by atoms with Gasteiger partial charge in [-0.05, 0) is 37.3 Å². The van der Waals surface area contributed by atoms with Gasteiger partial charge in [0, 0.05) is 25.7 Å². The number of amides is 2. The highest BCUT2D eigenvalue weighted by Gasteiger charge is 2.22. The molecule has 3 aromatic rings. The van der Waals surface area contributed by atoms with E-state index in [1.54, 1.807) is 50.5 Å². The normalized spacial score (nSPS) is 10.6. The lowest BCUT2D eigenvalue weighted by atomic mass is 10.3. The zero-order valence-corrected chi connectivity index (χ0v) is 17.1. The van der Waals surface area contributed by atoms with Gasteiger partial charge in [0.15, 0.2) is 5.76 Å². The summed E-state index contributed by atoms with van der Waals surface area (Å²) < 4.78 is 12.7. The number of hydrogen-bond donors (Lipinski definition) is 1. The van der Waals surface area contributed by atoms with E-state index in [-0.39, 0.29) is 18.3 Å². The number of hydrogen-bond acceptors (Lipinski definition) is 5. The molecule has 8 nitrogen and oxygen atoms in total. The predicted octanol–water partition coefficient (Wildman–Crippen LogP) is 3.68. The molecule has 9 heteroatoms. The first-order valence-corrected chi connectivity index (χ1v) is 9.32. The van der Waals surface area contributed by atoms with Gasteiger partial charge in [0.1, 0.15) is 23.8 Å². The largest absolute Gasteiger partial charge is 0.486 e. The predicted molar refractivity (Wildman–Crippen MR) is 108 cm³/mol. The van der Waals surface area contributed by atoms with Crippen LogP contribution in [-0.2, 0) is 13.2 Å². The number of benzene rings is 1. The molecule has 0 aliphatic heterocycles. The third-order valence-corrected chi connectivity index (χ3v) is 4.29. The van der Waals surface area contributed by atoms with Crippen LogP contribution in [0.1, 0.15) is 33.7 Å². The highest BCUT2D eigenvalue weighted by atomic mass is 35.5. The van der Waals surface area contributed by atoms with Gasteiger partial charge in [-0.3, -0.25) is 14.3 Å². The monoisotopic (exact) mass is 416 g/mol. The number of halogens is 1. The molecule has 0 bridgehead atoms. The summed E-state index contributed by atoms with van der Waals surface area (Å²) in [6, 6.07) is 10.2. The molecule has 1 aromatic carbocycles. The fourth-order valence-electron chi connectivity index (χ4n) is 2.63. The maximum absolute atomic E-state index is 12.6. The number of nitrogens with zero attached hydrogens (tertiary/aromatic N) is 3. The number of aromatic nitrogens is 2. The maximum Gasteiger partial charge on any atom is 0.291 e. The van der Waals surface area contributed by atoms with Crippen LogP contribution in [0.4, 0.5) is 5.69 Å². The Labute approximate surface area is 173 Å². The number of carbonyl (C=O) groups is 2. The van der Waals surface area contributed by atoms with Crippen molar-refractivity contribution < 1.29 is 18.7 Å². The van der Waals surface area contributed by atoms with E-state index in [0.29, 0.717) is 34.5 Å². The Balaban J connectivity index is 1.69. The van der Waals surface area contributed by atoms with Crippen molar-refractivity contribution in [1.29, 1.82) is 0 Å². The van der Waals surface area contributed by atoms with Crippen LogP contribution in [0.25, 0.3) is 0 Å². The SMILES string of the molecule is CCn1ncc(NC(=O)c2ccc(COc3cccc(Cl)c3)o2)c1C(=O)N(C)C. The lowest BCUT2D eigenvalue weighted by molar-refractivity contribution is 0.0816. The van der Waals surface area contributed by atoms with Crippen LogP contribution in [0.2, 0.25) is 5.02 Å². The third-order valence-electron chi connectivity index (χ3n) is 4.06. The number of nitrogens with one attached hydrogen (secondary N) is 1. The minimum atomic E-state index is -0.484. The molecular weight excluding hydrogens is 396 g/mol. The summed E-state index contributed by atoms with van der Waals surface area (Å²) in [7, 11) is 3.28. The Kier molecular flexibility index (Phi) is 6.23. The van der Waals surface area contributed by atoms with E-state index < -0.39 is 5.91 Å². The topological polar surface area (TPSA) is 89.6 Å². The zero-order valence-electron chi connectivity index (χ0n) is 16.3. The molecule has 0 unspecified atom stereocenters. The molecule has 3 rings (SSSR count). The average Bonchev–Trinajstić information content (AvgIpc) is 3.32. The number of aryl methyl sites for hydroxylation is 1. The Bertz CT molecular complexity index is 1030. The summed E-state index contributed by atoms with van der Waals surface area (Å²) in [4.78, 5) is 26.4. The highest BCUT2D eigenvalue weighted by molar-refractivity contribution is 6.30. The van der Waals surface area contributed by atoms with Crippen molar-refractivity contribution in [2.45, 2.75) is 20.1 Å². The van der Waals surface area contributed by atoms with Crippen LogP contribution in [0.15, 0.2) is 47.0 Å². The van der Waals surface area contributed by atoms with Crippen LogP contribution in [0.5, 0.6) is 5.75 Å². The summed E-state index contributed by atoms with van der Waals surface area (Å²) in [5.74, 6) is 0.432. The molecule has 0 aliphatic rings. The molecular formula is C20H21ClN4O4. The fraction of sp³-hybridized carbons (Fsp3) is 0.250. The number of rotatable bonds is 7. The quantitative estimate of drug-likeness (QED) is 0.634. The van der Waals surface area contributed by atoms with Crippen LogP contribution >= 0.6 is 11.6 Å². The van der Waals surface area contributed by atoms with E-state index in [1.807, 2.05) is 6.92 Å². The van der Waals surface area contributed by atoms with Gasteiger partial charge in [-0.2, -0.15) is 5.10 Å². The fourth-order valence-corrected chi connectivity index (χ4v) is 2.81. The maximum atomic E-state index is 12.6. The molecule has 0 aliphatic carbocycles. The minimum Gasteiger partial charge on any atom is -0.486 e. The number of furan rings is 1. The van der Waals surface area contributed by atoms with E-state index in [1.165, 1.54) is 15.8 Å². The van der Waals surface area contributed by atoms with Crippen molar-refractivity contribution in [2.75, 3.05) is 19.4 Å². The van der Waals surface area contributed by atoms with E-state index >= 15 is 0 Å². The molecule has 0 atom stereocenters. The summed E-state index contributed by atoms with van der Waals surface area (Å²) in [6.45, 7) is 2.51. The summed E-state index contributed by atoms with van der Waals surface area (Å²) in [5, 5.41) is 7.41. The Morgan fingerprint density at radius 1 is 1.28 bits per heavy atom. The molecule has 152 valence electrons. The molecule has 2 heterocycles. The minimum absolute atomic E-state index is 0.0993. The van der Waals surface area contributed by atoms with E-state index in [9.17, 15) is 9.59 Å². The second-order valence-electron chi connectivity index (χ2n) is 6.39. The van der Waals surface area contributed by atoms with E-state index in [2.05, 4.69) is 10.4 Å². The van der Waals surface area contributed by atoms with Crippen molar-refractivity contribution in [3.05, 3.63) is 64.8 Å². The molecule has 0 saturated carbocycles. The van der Waals surface area contributed by atoms with Crippen molar-refractivity contribution in [3.63, 3.8) is 0 Å². The second-order valence-corrected chi connectivity index (χ2v) is 6.82. The Hall–Kier alpha value is -3.26. The Morgan fingerprint density at radius 2 is 2.07 bits per heavy atom. The van der Waals surface area contributed by atoms with Gasteiger partial charge in [-0.15, -0.1) is 0 Å². The van der Waals surface area contributed by atoms with Gasteiger partial charge in [0.2, 0.25) is 0 Å². The average molecular weight is 417 g/mol. The van der Waals surface area contributed by atoms with Gasteiger partial charge in [0.05, 0.1) is 11.9 Å².